The van der Waals surface area contributed by atoms with Crippen molar-refractivity contribution in [3.8, 4) is 34.1 Å². The molecule has 0 aliphatic rings. The number of nitrogens with two attached hydrogens (primary N) is 1. The first kappa shape index (κ1) is 26.5. The summed E-state index contributed by atoms with van der Waals surface area (Å²) < 4.78 is 7.79. The Labute approximate surface area is 242 Å². The van der Waals surface area contributed by atoms with Crippen molar-refractivity contribution in [1.82, 2.24) is 14.4 Å². The fourth-order valence-corrected chi connectivity index (χ4v) is 4.77. The van der Waals surface area contributed by atoms with E-state index in [1.54, 1.807) is 24.5 Å². The van der Waals surface area contributed by atoms with Crippen LogP contribution in [0.15, 0.2) is 109 Å². The number of ether oxygens (including phenoxy) is 1. The molecular formula is C33H28N6O3. The van der Waals surface area contributed by atoms with Crippen LogP contribution in [-0.4, -0.2) is 25.5 Å². The average molecular weight is 557 g/mol. The van der Waals surface area contributed by atoms with Crippen LogP contribution in [0.25, 0.3) is 28.2 Å². The number of urea groups is 1. The minimum atomic E-state index is -0.425. The van der Waals surface area contributed by atoms with Gasteiger partial charge in [0.25, 0.3) is 0 Å². The number of carbonyl (C=O) groups is 1. The number of aryl methyl sites for hydroxylation is 1. The fraction of sp³-hybridized carbons (Fsp3) is 0.0606. The highest BCUT2D eigenvalue weighted by Crippen LogP contribution is 2.36. The normalized spacial score (nSPS) is 10.9. The van der Waals surface area contributed by atoms with Gasteiger partial charge in [-0.25, -0.2) is 14.8 Å². The molecule has 208 valence electrons. The number of benzene rings is 4. The number of nitrogens with one attached hydrogen (secondary N) is 2. The van der Waals surface area contributed by atoms with Crippen molar-refractivity contribution in [2.75, 3.05) is 16.4 Å². The molecule has 6 rings (SSSR count). The largest absolute Gasteiger partial charge is 0.457 e. The van der Waals surface area contributed by atoms with E-state index >= 15 is 0 Å². The molecule has 4 aromatic carbocycles. The minimum absolute atomic E-state index is 0.313. The molecule has 9 nitrogen and oxygen atoms in total. The van der Waals surface area contributed by atoms with Crippen LogP contribution in [0.1, 0.15) is 11.1 Å². The van der Waals surface area contributed by atoms with E-state index in [-0.39, 0.29) is 6.61 Å². The second kappa shape index (κ2) is 11.4. The Bertz CT molecular complexity index is 1870. The standard InChI is InChI=1S/C33H28N6O3/c1-21-10-14-23(15-11-21)36-33(41)37-28-9-5-8-26(27(28)20-40)32-38-29(30-31(34)35-18-19-39(30)32)22-12-16-25(17-13-22)42-24-6-3-2-4-7-24/h2-19,40H,20H2,1H3,(H2,34,35)(H2,36,37,41). The summed E-state index contributed by atoms with van der Waals surface area (Å²) in [7, 11) is 0. The highest BCUT2D eigenvalue weighted by molar-refractivity contribution is 6.01. The molecule has 0 spiro atoms. The number of aliphatic hydroxyl groups is 1. The van der Waals surface area contributed by atoms with E-state index in [9.17, 15) is 9.90 Å². The summed E-state index contributed by atoms with van der Waals surface area (Å²) in [6.45, 7) is 1.65. The molecule has 0 saturated heterocycles. The predicted molar refractivity (Wildman–Crippen MR) is 165 cm³/mol. The van der Waals surface area contributed by atoms with E-state index in [0.29, 0.717) is 51.1 Å². The Morgan fingerprint density at radius 2 is 1.64 bits per heavy atom. The first-order chi connectivity index (χ1) is 20.5. The van der Waals surface area contributed by atoms with Crippen molar-refractivity contribution in [3.63, 3.8) is 0 Å². The van der Waals surface area contributed by atoms with Crippen LogP contribution < -0.4 is 21.1 Å². The molecule has 0 unspecified atom stereocenters. The third-order valence-corrected chi connectivity index (χ3v) is 6.82. The number of nitrogen functional groups attached to an aromatic ring is 1. The number of fused-ring (bicyclic) bond motifs is 1. The second-order valence-electron chi connectivity index (χ2n) is 9.69. The van der Waals surface area contributed by atoms with Crippen molar-refractivity contribution in [2.24, 2.45) is 0 Å². The molecular weight excluding hydrogens is 528 g/mol. The van der Waals surface area contributed by atoms with Crippen LogP contribution in [0, 0.1) is 6.92 Å². The number of imidazole rings is 1. The Morgan fingerprint density at radius 3 is 2.38 bits per heavy atom. The van der Waals surface area contributed by atoms with E-state index in [1.807, 2.05) is 96.3 Å². The summed E-state index contributed by atoms with van der Waals surface area (Å²) in [5, 5.41) is 16.1. The van der Waals surface area contributed by atoms with Gasteiger partial charge in [0.05, 0.1) is 6.61 Å². The van der Waals surface area contributed by atoms with Crippen LogP contribution in [0.5, 0.6) is 11.5 Å². The van der Waals surface area contributed by atoms with E-state index in [2.05, 4.69) is 15.6 Å². The molecule has 0 radical (unpaired) electrons. The number of nitrogens with zero attached hydrogens (tertiary/aromatic N) is 3. The van der Waals surface area contributed by atoms with Gasteiger partial charge in [-0.05, 0) is 61.5 Å². The third-order valence-electron chi connectivity index (χ3n) is 6.82. The molecule has 0 fully saturated rings. The maximum Gasteiger partial charge on any atom is 0.323 e. The molecule has 42 heavy (non-hydrogen) atoms. The number of rotatable bonds is 7. The zero-order valence-corrected chi connectivity index (χ0v) is 22.8. The average Bonchev–Trinajstić information content (AvgIpc) is 3.40. The topological polar surface area (TPSA) is 127 Å². The molecule has 0 atom stereocenters. The number of amides is 2. The molecule has 0 aliphatic heterocycles. The van der Waals surface area contributed by atoms with Gasteiger partial charge in [-0.2, -0.15) is 0 Å². The lowest BCUT2D eigenvalue weighted by molar-refractivity contribution is 0.262. The summed E-state index contributed by atoms with van der Waals surface area (Å²) >= 11 is 0. The fourth-order valence-electron chi connectivity index (χ4n) is 4.77. The quantitative estimate of drug-likeness (QED) is 0.170. The van der Waals surface area contributed by atoms with E-state index in [1.165, 1.54) is 0 Å². The lowest BCUT2D eigenvalue weighted by Gasteiger charge is -2.14. The maximum absolute atomic E-state index is 12.8. The molecule has 2 heterocycles. The number of para-hydroxylation sites is 1. The number of aliphatic hydroxyl groups excluding tert-OH is 1. The van der Waals surface area contributed by atoms with Gasteiger partial charge in [-0.3, -0.25) is 4.40 Å². The first-order valence-electron chi connectivity index (χ1n) is 13.3. The Balaban J connectivity index is 1.35. The van der Waals surface area contributed by atoms with E-state index < -0.39 is 6.03 Å². The van der Waals surface area contributed by atoms with Gasteiger partial charge in [0.2, 0.25) is 0 Å². The maximum atomic E-state index is 12.8. The van der Waals surface area contributed by atoms with Gasteiger partial charge >= 0.3 is 6.03 Å². The monoisotopic (exact) mass is 556 g/mol. The van der Waals surface area contributed by atoms with E-state index in [4.69, 9.17) is 15.5 Å². The number of anilines is 3. The second-order valence-corrected chi connectivity index (χ2v) is 9.69. The summed E-state index contributed by atoms with van der Waals surface area (Å²) in [5.41, 5.74) is 11.8. The molecule has 0 aliphatic carbocycles. The highest BCUT2D eigenvalue weighted by Gasteiger charge is 2.21. The number of hydrogen-bond donors (Lipinski definition) is 4. The van der Waals surface area contributed by atoms with E-state index in [0.717, 1.165) is 16.9 Å². The van der Waals surface area contributed by atoms with Gasteiger partial charge < -0.3 is 26.2 Å². The summed E-state index contributed by atoms with van der Waals surface area (Å²) in [6, 6.07) is 29.6. The summed E-state index contributed by atoms with van der Waals surface area (Å²) in [6.07, 6.45) is 3.37. The Hall–Kier alpha value is -5.67. The Morgan fingerprint density at radius 1 is 0.905 bits per heavy atom. The van der Waals surface area contributed by atoms with Gasteiger partial charge in [0.15, 0.2) is 0 Å². The van der Waals surface area contributed by atoms with Gasteiger partial charge in [-0.15, -0.1) is 0 Å². The third kappa shape index (κ3) is 5.36. The zero-order valence-electron chi connectivity index (χ0n) is 22.8. The lowest BCUT2D eigenvalue weighted by atomic mass is 10.0. The molecule has 0 saturated carbocycles. The molecule has 5 N–H and O–H groups in total. The van der Waals surface area contributed by atoms with Crippen molar-refractivity contribution in [1.29, 1.82) is 0 Å². The molecule has 2 amide bonds. The molecule has 0 bridgehead atoms. The van der Waals surface area contributed by atoms with Gasteiger partial charge in [-0.1, -0.05) is 48.0 Å². The van der Waals surface area contributed by atoms with Crippen molar-refractivity contribution in [2.45, 2.75) is 13.5 Å². The van der Waals surface area contributed by atoms with Crippen LogP contribution in [0.3, 0.4) is 0 Å². The minimum Gasteiger partial charge on any atom is -0.457 e. The smallest absolute Gasteiger partial charge is 0.323 e. The predicted octanol–water partition coefficient (Wildman–Crippen LogP) is 6.88. The van der Waals surface area contributed by atoms with Crippen LogP contribution in [0.2, 0.25) is 0 Å². The molecule has 6 aromatic rings. The number of hydrogen-bond acceptors (Lipinski definition) is 6. The zero-order chi connectivity index (χ0) is 29.1. The first-order valence-corrected chi connectivity index (χ1v) is 13.3. The highest BCUT2D eigenvalue weighted by atomic mass is 16.5. The van der Waals surface area contributed by atoms with Crippen LogP contribution >= 0.6 is 0 Å². The number of aromatic nitrogens is 3. The number of carbonyl (C=O) groups excluding carboxylic acids is 1. The molecule has 2 aromatic heterocycles. The Kier molecular flexibility index (Phi) is 7.23. The van der Waals surface area contributed by atoms with Crippen molar-refractivity contribution >= 4 is 28.7 Å². The summed E-state index contributed by atoms with van der Waals surface area (Å²) in [5.74, 6) is 2.29. The summed E-state index contributed by atoms with van der Waals surface area (Å²) in [4.78, 5) is 22.1. The lowest BCUT2D eigenvalue weighted by Crippen LogP contribution is -2.20. The SMILES string of the molecule is Cc1ccc(NC(=O)Nc2cccc(-c3nc(-c4ccc(Oc5ccccc5)cc4)c4c(N)nccn34)c2CO)cc1. The van der Waals surface area contributed by atoms with Crippen molar-refractivity contribution in [3.05, 3.63) is 121 Å². The van der Waals surface area contributed by atoms with Crippen LogP contribution in [0.4, 0.5) is 22.0 Å². The van der Waals surface area contributed by atoms with Crippen molar-refractivity contribution < 1.29 is 14.6 Å². The van der Waals surface area contributed by atoms with Crippen LogP contribution in [-0.2, 0) is 6.61 Å². The van der Waals surface area contributed by atoms with Gasteiger partial charge in [0.1, 0.15) is 34.4 Å². The van der Waals surface area contributed by atoms with Gasteiger partial charge in [0, 0.05) is 40.5 Å². The molecule has 9 heteroatoms.